The van der Waals surface area contributed by atoms with Gasteiger partial charge in [-0.1, -0.05) is 29.2 Å². The van der Waals surface area contributed by atoms with E-state index in [0.29, 0.717) is 12.4 Å². The Balaban J connectivity index is -0.000000167. The molecule has 0 heterocycles. The van der Waals surface area contributed by atoms with Crippen molar-refractivity contribution in [2.75, 3.05) is 26.5 Å². The molecule has 14 heavy (non-hydrogen) atoms. The summed E-state index contributed by atoms with van der Waals surface area (Å²) in [5, 5.41) is 0. The van der Waals surface area contributed by atoms with Crippen LogP contribution in [0.15, 0.2) is 0 Å². The Morgan fingerprint density at radius 1 is 1.29 bits per heavy atom. The SMILES string of the molecule is C.C.C.CCCS(=O)ONCN(C)C. The molecule has 0 amide bonds. The predicted molar refractivity (Wildman–Crippen MR) is 66.3 cm³/mol. The van der Waals surface area contributed by atoms with Gasteiger partial charge in [-0.2, -0.15) is 9.76 Å². The molecule has 0 aliphatic carbocycles. The van der Waals surface area contributed by atoms with Crippen molar-refractivity contribution >= 4 is 11.1 Å². The lowest BCUT2D eigenvalue weighted by molar-refractivity contribution is 0.166. The maximum atomic E-state index is 10.8. The van der Waals surface area contributed by atoms with Gasteiger partial charge in [0.15, 0.2) is 11.1 Å². The molecule has 0 aromatic carbocycles. The van der Waals surface area contributed by atoms with Gasteiger partial charge >= 0.3 is 0 Å². The molecule has 0 spiro atoms. The lowest BCUT2D eigenvalue weighted by atomic mass is 10.6. The van der Waals surface area contributed by atoms with Crippen LogP contribution in [0.4, 0.5) is 0 Å². The number of hydroxylamine groups is 1. The van der Waals surface area contributed by atoms with Crippen LogP contribution in [0.5, 0.6) is 0 Å². The van der Waals surface area contributed by atoms with Crippen molar-refractivity contribution in [2.45, 2.75) is 35.6 Å². The van der Waals surface area contributed by atoms with Gasteiger partial charge in [-0.15, -0.1) is 0 Å². The maximum absolute atomic E-state index is 10.8. The van der Waals surface area contributed by atoms with Gasteiger partial charge in [0.2, 0.25) is 0 Å². The molecular formula is C9H28N2O2S. The summed E-state index contributed by atoms with van der Waals surface area (Å²) in [5.41, 5.74) is 2.60. The van der Waals surface area contributed by atoms with E-state index in [1.807, 2.05) is 25.9 Å². The summed E-state index contributed by atoms with van der Waals surface area (Å²) in [6.07, 6.45) is 0.871. The summed E-state index contributed by atoms with van der Waals surface area (Å²) >= 11 is -1.17. The molecule has 0 fully saturated rings. The van der Waals surface area contributed by atoms with Crippen LogP contribution < -0.4 is 5.48 Å². The standard InChI is InChI=1S/C6H16N2O2S.3CH4/c1-4-5-11(9)10-7-6-8(2)3;;;/h7H,4-6H2,1-3H3;3*1H4. The van der Waals surface area contributed by atoms with E-state index in [1.54, 1.807) is 0 Å². The molecule has 92 valence electrons. The average Bonchev–Trinajstić information content (AvgIpc) is 1.87. The maximum Gasteiger partial charge on any atom is 0.173 e. The Morgan fingerprint density at radius 3 is 2.14 bits per heavy atom. The first kappa shape index (κ1) is 23.7. The van der Waals surface area contributed by atoms with Gasteiger partial charge in [-0.3, -0.25) is 4.90 Å². The summed E-state index contributed by atoms with van der Waals surface area (Å²) in [4.78, 5) is 1.89. The van der Waals surface area contributed by atoms with Gasteiger partial charge in [-0.05, 0) is 20.5 Å². The first-order valence-corrected chi connectivity index (χ1v) is 4.84. The molecule has 0 saturated carbocycles. The molecule has 0 bridgehead atoms. The zero-order valence-corrected chi connectivity index (χ0v) is 8.11. The summed E-state index contributed by atoms with van der Waals surface area (Å²) in [7, 11) is 3.80. The van der Waals surface area contributed by atoms with Crippen LogP contribution in [0, 0.1) is 0 Å². The van der Waals surface area contributed by atoms with Crippen molar-refractivity contribution in [1.29, 1.82) is 0 Å². The van der Waals surface area contributed by atoms with Crippen molar-refractivity contribution in [3.05, 3.63) is 0 Å². The summed E-state index contributed by atoms with van der Waals surface area (Å²) in [5.74, 6) is 0.584. The van der Waals surface area contributed by atoms with E-state index in [9.17, 15) is 4.21 Å². The third kappa shape index (κ3) is 17.9. The van der Waals surface area contributed by atoms with Crippen molar-refractivity contribution in [2.24, 2.45) is 0 Å². The Bertz CT molecular complexity index is 121. The first-order valence-electron chi connectivity index (χ1n) is 3.60. The zero-order valence-electron chi connectivity index (χ0n) is 7.29. The van der Waals surface area contributed by atoms with Crippen molar-refractivity contribution in [3.8, 4) is 0 Å². The van der Waals surface area contributed by atoms with Crippen LogP contribution in [0.3, 0.4) is 0 Å². The average molecular weight is 228 g/mol. The van der Waals surface area contributed by atoms with E-state index in [-0.39, 0.29) is 22.3 Å². The largest absolute Gasteiger partial charge is 0.295 e. The highest BCUT2D eigenvalue weighted by molar-refractivity contribution is 7.80. The van der Waals surface area contributed by atoms with Crippen LogP contribution in [0.25, 0.3) is 0 Å². The van der Waals surface area contributed by atoms with Crippen LogP contribution in [0.2, 0.25) is 0 Å². The molecule has 0 rings (SSSR count). The number of nitrogens with one attached hydrogen (secondary N) is 1. The molecule has 1 N–H and O–H groups in total. The van der Waals surface area contributed by atoms with E-state index in [2.05, 4.69) is 5.48 Å². The Morgan fingerprint density at radius 2 is 1.79 bits per heavy atom. The van der Waals surface area contributed by atoms with Crippen molar-refractivity contribution < 1.29 is 8.49 Å². The number of hydrogen-bond donors (Lipinski definition) is 1. The van der Waals surface area contributed by atoms with Crippen LogP contribution in [-0.2, 0) is 15.4 Å². The Kier molecular flexibility index (Phi) is 26.2. The van der Waals surface area contributed by atoms with Gasteiger partial charge in [-0.25, -0.2) is 4.21 Å². The Hall–Kier alpha value is 0.0300. The van der Waals surface area contributed by atoms with E-state index in [0.717, 1.165) is 6.42 Å². The Labute approximate surface area is 92.6 Å². The second kappa shape index (κ2) is 15.5. The highest BCUT2D eigenvalue weighted by Crippen LogP contribution is 1.85. The van der Waals surface area contributed by atoms with Crippen molar-refractivity contribution in [3.63, 3.8) is 0 Å². The molecule has 0 saturated heterocycles. The second-order valence-electron chi connectivity index (χ2n) is 2.47. The molecule has 0 aliphatic heterocycles. The van der Waals surface area contributed by atoms with Crippen LogP contribution in [0.1, 0.15) is 35.6 Å². The molecule has 0 aliphatic rings. The lowest BCUT2D eigenvalue weighted by Gasteiger charge is -2.09. The molecule has 1 atom stereocenters. The molecule has 0 radical (unpaired) electrons. The van der Waals surface area contributed by atoms with Crippen LogP contribution >= 0.6 is 0 Å². The quantitative estimate of drug-likeness (QED) is 0.558. The highest BCUT2D eigenvalue weighted by Gasteiger charge is 1.96. The van der Waals surface area contributed by atoms with E-state index >= 15 is 0 Å². The fraction of sp³-hybridized carbons (Fsp3) is 1.00. The number of hydrogen-bond acceptors (Lipinski definition) is 4. The molecule has 4 nitrogen and oxygen atoms in total. The molecular weight excluding hydrogens is 200 g/mol. The fourth-order valence-corrected chi connectivity index (χ4v) is 1.03. The molecule has 5 heteroatoms. The summed E-state index contributed by atoms with van der Waals surface area (Å²) in [6, 6.07) is 0. The zero-order chi connectivity index (χ0) is 8.69. The number of rotatable bonds is 6. The monoisotopic (exact) mass is 228 g/mol. The van der Waals surface area contributed by atoms with Crippen LogP contribution in [-0.4, -0.2) is 35.6 Å². The topological polar surface area (TPSA) is 41.6 Å². The first-order chi connectivity index (χ1) is 5.16. The predicted octanol–water partition coefficient (Wildman–Crippen LogP) is 2.01. The van der Waals surface area contributed by atoms with Gasteiger partial charge < -0.3 is 0 Å². The normalized spacial score (nSPS) is 10.9. The van der Waals surface area contributed by atoms with Gasteiger partial charge in [0, 0.05) is 0 Å². The van der Waals surface area contributed by atoms with E-state index in [1.165, 1.54) is 0 Å². The molecule has 0 aromatic heterocycles. The second-order valence-corrected chi connectivity index (χ2v) is 3.66. The van der Waals surface area contributed by atoms with Gasteiger partial charge in [0.05, 0.1) is 12.4 Å². The van der Waals surface area contributed by atoms with Gasteiger partial charge in [0.1, 0.15) is 0 Å². The minimum Gasteiger partial charge on any atom is -0.295 e. The summed E-state index contributed by atoms with van der Waals surface area (Å²) in [6.45, 7) is 2.54. The van der Waals surface area contributed by atoms with Gasteiger partial charge in [0.25, 0.3) is 0 Å². The molecule has 1 unspecified atom stereocenters. The third-order valence-electron chi connectivity index (χ3n) is 0.903. The highest BCUT2D eigenvalue weighted by atomic mass is 32.2. The lowest BCUT2D eigenvalue weighted by Crippen LogP contribution is -2.29. The smallest absolute Gasteiger partial charge is 0.173 e. The number of nitrogens with zero attached hydrogens (tertiary/aromatic N) is 1. The fourth-order valence-electron chi connectivity index (χ4n) is 0.430. The molecule has 0 aromatic rings. The minimum absolute atomic E-state index is 0. The summed E-state index contributed by atoms with van der Waals surface area (Å²) < 4.78 is 15.6. The van der Waals surface area contributed by atoms with E-state index < -0.39 is 11.1 Å². The third-order valence-corrected chi connectivity index (χ3v) is 1.95. The minimum atomic E-state index is -1.17. The van der Waals surface area contributed by atoms with Crippen molar-refractivity contribution in [1.82, 2.24) is 10.4 Å². The van der Waals surface area contributed by atoms with E-state index in [4.69, 9.17) is 4.28 Å².